The lowest BCUT2D eigenvalue weighted by Gasteiger charge is -2.03. The first-order valence-corrected chi connectivity index (χ1v) is 4.51. The Labute approximate surface area is 81.1 Å². The summed E-state index contributed by atoms with van der Waals surface area (Å²) in [6.07, 6.45) is 3.90. The van der Waals surface area contributed by atoms with Crippen LogP contribution in [-0.4, -0.2) is 22.4 Å². The van der Waals surface area contributed by atoms with E-state index in [1.807, 2.05) is 0 Å². The van der Waals surface area contributed by atoms with Crippen LogP contribution in [0.25, 0.3) is 0 Å². The third kappa shape index (κ3) is 2.83. The Morgan fingerprint density at radius 1 is 1.50 bits per heavy atom. The number of hydrogen-bond donors (Lipinski definition) is 1. The third-order valence-corrected chi connectivity index (χ3v) is 1.81. The monoisotopic (exact) mass is 205 g/mol. The largest absolute Gasteiger partial charge is 0.369 e. The van der Waals surface area contributed by atoms with Gasteiger partial charge in [-0.2, -0.15) is 0 Å². The van der Waals surface area contributed by atoms with Crippen molar-refractivity contribution < 1.29 is 0 Å². The molecule has 1 rings (SSSR count). The average molecular weight is 206 g/mol. The highest BCUT2D eigenvalue weighted by atomic mass is 35.5. The number of aromatic nitrogens is 2. The zero-order chi connectivity index (χ0) is 8.81. The van der Waals surface area contributed by atoms with E-state index in [1.54, 1.807) is 6.20 Å². The molecule has 0 amide bonds. The van der Waals surface area contributed by atoms with E-state index in [9.17, 15) is 0 Å². The van der Waals surface area contributed by atoms with Crippen LogP contribution in [0.15, 0.2) is 12.5 Å². The minimum Gasteiger partial charge on any atom is -0.369 e. The van der Waals surface area contributed by atoms with Crippen molar-refractivity contribution in [2.45, 2.75) is 6.42 Å². The van der Waals surface area contributed by atoms with Crippen LogP contribution in [0.3, 0.4) is 0 Å². The molecule has 0 aromatic carbocycles. The second-order valence-corrected chi connectivity index (χ2v) is 2.97. The number of nitrogens with zero attached hydrogens (tertiary/aromatic N) is 2. The van der Waals surface area contributed by atoms with Crippen LogP contribution in [0.2, 0.25) is 5.02 Å². The molecule has 0 unspecified atom stereocenters. The molecule has 0 saturated heterocycles. The molecule has 1 aromatic rings. The number of alkyl halides is 1. The van der Waals surface area contributed by atoms with Gasteiger partial charge in [0.15, 0.2) is 0 Å². The average Bonchev–Trinajstić information content (AvgIpc) is 2.09. The lowest BCUT2D eigenvalue weighted by molar-refractivity contribution is 0.971. The summed E-state index contributed by atoms with van der Waals surface area (Å²) >= 11 is 11.3. The Morgan fingerprint density at radius 3 is 3.00 bits per heavy atom. The SMILES string of the molecule is ClCCCNc1ncncc1Cl. The van der Waals surface area contributed by atoms with Crippen LogP contribution in [0, 0.1) is 0 Å². The maximum Gasteiger partial charge on any atom is 0.148 e. The summed E-state index contributed by atoms with van der Waals surface area (Å²) in [5.74, 6) is 1.30. The van der Waals surface area contributed by atoms with Crippen LogP contribution in [-0.2, 0) is 0 Å². The van der Waals surface area contributed by atoms with Crippen molar-refractivity contribution in [3.8, 4) is 0 Å². The third-order valence-electron chi connectivity index (χ3n) is 1.27. The van der Waals surface area contributed by atoms with Gasteiger partial charge in [0.2, 0.25) is 0 Å². The van der Waals surface area contributed by atoms with Gasteiger partial charge in [-0.3, -0.25) is 0 Å². The molecule has 0 spiro atoms. The van der Waals surface area contributed by atoms with Gasteiger partial charge in [-0.25, -0.2) is 9.97 Å². The first-order chi connectivity index (χ1) is 5.84. The number of nitrogens with one attached hydrogen (secondary N) is 1. The number of anilines is 1. The summed E-state index contributed by atoms with van der Waals surface area (Å²) in [7, 11) is 0. The number of halogens is 2. The highest BCUT2D eigenvalue weighted by Crippen LogP contribution is 2.15. The van der Waals surface area contributed by atoms with E-state index in [1.165, 1.54) is 6.33 Å². The molecule has 0 fully saturated rings. The first kappa shape index (κ1) is 9.55. The highest BCUT2D eigenvalue weighted by molar-refractivity contribution is 6.32. The Hall–Kier alpha value is -0.540. The predicted octanol–water partition coefficient (Wildman–Crippen LogP) is 2.17. The maximum atomic E-state index is 5.78. The minimum absolute atomic E-state index is 0.534. The molecule has 5 heteroatoms. The second-order valence-electron chi connectivity index (χ2n) is 2.19. The molecule has 0 aliphatic carbocycles. The normalized spacial score (nSPS) is 9.83. The minimum atomic E-state index is 0.534. The summed E-state index contributed by atoms with van der Waals surface area (Å²) < 4.78 is 0. The second kappa shape index (κ2) is 5.17. The fourth-order valence-corrected chi connectivity index (χ4v) is 1.02. The fraction of sp³-hybridized carbons (Fsp3) is 0.429. The molecular weight excluding hydrogens is 197 g/mol. The van der Waals surface area contributed by atoms with E-state index in [4.69, 9.17) is 23.2 Å². The topological polar surface area (TPSA) is 37.8 Å². The molecule has 1 aromatic heterocycles. The molecule has 3 nitrogen and oxygen atoms in total. The highest BCUT2D eigenvalue weighted by Gasteiger charge is 1.98. The summed E-state index contributed by atoms with van der Waals surface area (Å²) in [6, 6.07) is 0. The van der Waals surface area contributed by atoms with Crippen molar-refractivity contribution >= 4 is 29.0 Å². The Bertz CT molecular complexity index is 242. The molecule has 0 saturated carbocycles. The number of rotatable bonds is 4. The lowest BCUT2D eigenvalue weighted by atomic mass is 10.4. The summed E-state index contributed by atoms with van der Waals surface area (Å²) in [6.45, 7) is 0.778. The molecule has 1 N–H and O–H groups in total. The maximum absolute atomic E-state index is 5.78. The lowest BCUT2D eigenvalue weighted by Crippen LogP contribution is -2.04. The quantitative estimate of drug-likeness (QED) is 0.605. The Balaban J connectivity index is 2.46. The molecule has 0 radical (unpaired) electrons. The fourth-order valence-electron chi connectivity index (χ4n) is 0.716. The zero-order valence-electron chi connectivity index (χ0n) is 6.43. The van der Waals surface area contributed by atoms with Crippen molar-refractivity contribution in [2.75, 3.05) is 17.7 Å². The molecule has 66 valence electrons. The molecule has 0 bridgehead atoms. The Morgan fingerprint density at radius 2 is 2.33 bits per heavy atom. The van der Waals surface area contributed by atoms with Crippen LogP contribution >= 0.6 is 23.2 Å². The van der Waals surface area contributed by atoms with Crippen LogP contribution in [0.4, 0.5) is 5.82 Å². The van der Waals surface area contributed by atoms with E-state index < -0.39 is 0 Å². The summed E-state index contributed by atoms with van der Waals surface area (Å²) in [5, 5.41) is 3.58. The summed E-state index contributed by atoms with van der Waals surface area (Å²) in [4.78, 5) is 7.72. The van der Waals surface area contributed by atoms with Crippen molar-refractivity contribution in [3.05, 3.63) is 17.5 Å². The van der Waals surface area contributed by atoms with Crippen molar-refractivity contribution in [2.24, 2.45) is 0 Å². The van der Waals surface area contributed by atoms with Gasteiger partial charge < -0.3 is 5.32 Å². The van der Waals surface area contributed by atoms with Gasteiger partial charge in [-0.05, 0) is 6.42 Å². The van der Waals surface area contributed by atoms with E-state index in [-0.39, 0.29) is 0 Å². The Kier molecular flexibility index (Phi) is 4.11. The molecular formula is C7H9Cl2N3. The van der Waals surface area contributed by atoms with Crippen molar-refractivity contribution in [1.82, 2.24) is 9.97 Å². The molecule has 0 aliphatic heterocycles. The molecule has 0 aliphatic rings. The standard InChI is InChI=1S/C7H9Cl2N3/c8-2-1-3-11-7-6(9)4-10-5-12-7/h4-5H,1-3H2,(H,10,11,12). The zero-order valence-corrected chi connectivity index (χ0v) is 7.94. The van der Waals surface area contributed by atoms with E-state index >= 15 is 0 Å². The van der Waals surface area contributed by atoms with Crippen LogP contribution in [0.5, 0.6) is 0 Å². The smallest absolute Gasteiger partial charge is 0.148 e. The van der Waals surface area contributed by atoms with Crippen molar-refractivity contribution in [1.29, 1.82) is 0 Å². The molecule has 12 heavy (non-hydrogen) atoms. The molecule has 1 heterocycles. The van der Waals surface area contributed by atoms with E-state index in [0.717, 1.165) is 13.0 Å². The van der Waals surface area contributed by atoms with Gasteiger partial charge in [0.25, 0.3) is 0 Å². The number of hydrogen-bond acceptors (Lipinski definition) is 3. The van der Waals surface area contributed by atoms with Crippen LogP contribution < -0.4 is 5.32 Å². The van der Waals surface area contributed by atoms with Gasteiger partial charge in [0.1, 0.15) is 17.2 Å². The van der Waals surface area contributed by atoms with Gasteiger partial charge in [-0.1, -0.05) is 11.6 Å². The van der Waals surface area contributed by atoms with Gasteiger partial charge in [0, 0.05) is 12.4 Å². The van der Waals surface area contributed by atoms with Crippen LogP contribution in [0.1, 0.15) is 6.42 Å². The van der Waals surface area contributed by atoms with Gasteiger partial charge >= 0.3 is 0 Å². The van der Waals surface area contributed by atoms with E-state index in [0.29, 0.717) is 16.7 Å². The molecule has 0 atom stereocenters. The van der Waals surface area contributed by atoms with Gasteiger partial charge in [-0.15, -0.1) is 11.6 Å². The van der Waals surface area contributed by atoms with Crippen molar-refractivity contribution in [3.63, 3.8) is 0 Å². The van der Waals surface area contributed by atoms with E-state index in [2.05, 4.69) is 15.3 Å². The first-order valence-electron chi connectivity index (χ1n) is 3.60. The predicted molar refractivity (Wildman–Crippen MR) is 50.9 cm³/mol. The summed E-state index contributed by atoms with van der Waals surface area (Å²) in [5.41, 5.74) is 0. The van der Waals surface area contributed by atoms with Gasteiger partial charge in [0.05, 0.1) is 6.20 Å².